The van der Waals surface area contributed by atoms with E-state index in [0.29, 0.717) is 30.9 Å². The number of nitrogen functional groups attached to an aromatic ring is 1. The van der Waals surface area contributed by atoms with E-state index in [0.717, 1.165) is 68.9 Å². The number of hydrogen-bond donors (Lipinski definition) is 11. The summed E-state index contributed by atoms with van der Waals surface area (Å²) in [6, 6.07) is 11.0. The molecule has 0 radical (unpaired) electrons. The summed E-state index contributed by atoms with van der Waals surface area (Å²) < 4.78 is 0. The third-order valence-electron chi connectivity index (χ3n) is 9.86. The van der Waals surface area contributed by atoms with Crippen molar-refractivity contribution < 1.29 is 35.1 Å². The first-order valence-corrected chi connectivity index (χ1v) is 19.4. The van der Waals surface area contributed by atoms with Crippen molar-refractivity contribution >= 4 is 40.9 Å². The number of rotatable bonds is 20. The molecule has 4 rings (SSSR count). The average Bonchev–Trinajstić information content (AvgIpc) is 3.19. The van der Waals surface area contributed by atoms with Crippen LogP contribution in [0.5, 0.6) is 0 Å². The van der Waals surface area contributed by atoms with E-state index < -0.39 is 43.0 Å². The molecule has 0 fully saturated rings. The van der Waals surface area contributed by atoms with Gasteiger partial charge in [0.1, 0.15) is 18.3 Å². The molecule has 0 saturated heterocycles. The number of nitrogens with zero attached hydrogens (tertiary/aromatic N) is 3. The van der Waals surface area contributed by atoms with Gasteiger partial charge in [-0.05, 0) is 118 Å². The summed E-state index contributed by atoms with van der Waals surface area (Å²) in [6.07, 6.45) is 2.43. The van der Waals surface area contributed by atoms with E-state index in [1.165, 1.54) is 16.7 Å². The van der Waals surface area contributed by atoms with Crippen molar-refractivity contribution in [3.8, 4) is 0 Å². The van der Waals surface area contributed by atoms with E-state index in [-0.39, 0.29) is 35.1 Å². The highest BCUT2D eigenvalue weighted by Gasteiger charge is 2.29. The van der Waals surface area contributed by atoms with E-state index in [2.05, 4.69) is 43.0 Å². The van der Waals surface area contributed by atoms with E-state index >= 15 is 0 Å². The lowest BCUT2D eigenvalue weighted by Gasteiger charge is -2.25. The molecular weight excluding hydrogens is 742 g/mol. The summed E-state index contributed by atoms with van der Waals surface area (Å²) in [5, 5.41) is 56.5. The fraction of sp³-hybridized carbons (Fsp3) is 0.513. The molecule has 5 atom stereocenters. The van der Waals surface area contributed by atoms with Crippen molar-refractivity contribution in [2.45, 2.75) is 102 Å². The van der Waals surface area contributed by atoms with Crippen LogP contribution in [0.15, 0.2) is 41.4 Å². The summed E-state index contributed by atoms with van der Waals surface area (Å²) in [7, 11) is 0. The number of nitrogens with one attached hydrogen (secondary N) is 3. The molecule has 1 heterocycles. The van der Waals surface area contributed by atoms with Gasteiger partial charge in [0.2, 0.25) is 5.91 Å². The molecule has 0 aliphatic heterocycles. The topological polar surface area (TPSA) is 288 Å². The molecule has 1 aliphatic carbocycles. The SMILES string of the molecule is Cc1nc(N)c(C(=O)NC(N)=NCCCCc2ccc(C[C@H](N)C(=O)Nc3ccc(CCCNC[C@H](O)[C@@H](O)[C@H](O)[C@H](O)CO)cc3)c3c2CCCC3)nc1Cl. The van der Waals surface area contributed by atoms with E-state index in [1.54, 1.807) is 6.92 Å². The number of nitrogens with two attached hydrogens (primary N) is 3. The molecule has 0 saturated carbocycles. The number of hydrogen-bond acceptors (Lipinski definition) is 13. The van der Waals surface area contributed by atoms with Crippen LogP contribution in [0.4, 0.5) is 11.5 Å². The smallest absolute Gasteiger partial charge is 0.280 e. The number of amides is 2. The minimum atomic E-state index is -1.65. The summed E-state index contributed by atoms with van der Waals surface area (Å²) in [5.41, 5.74) is 25.2. The quantitative estimate of drug-likeness (QED) is 0.0421. The first kappa shape index (κ1) is 44.5. The van der Waals surface area contributed by atoms with E-state index in [9.17, 15) is 30.0 Å². The van der Waals surface area contributed by atoms with E-state index in [4.69, 9.17) is 33.9 Å². The number of halogens is 1. The van der Waals surface area contributed by atoms with Gasteiger partial charge in [-0.1, -0.05) is 35.9 Å². The van der Waals surface area contributed by atoms with Crippen molar-refractivity contribution in [2.75, 3.05) is 37.3 Å². The van der Waals surface area contributed by atoms with Gasteiger partial charge in [-0.25, -0.2) is 9.97 Å². The zero-order chi connectivity index (χ0) is 40.8. The van der Waals surface area contributed by atoms with Gasteiger partial charge >= 0.3 is 0 Å². The van der Waals surface area contributed by atoms with Crippen molar-refractivity contribution in [3.05, 3.63) is 80.8 Å². The van der Waals surface area contributed by atoms with Crippen LogP contribution in [0, 0.1) is 6.92 Å². The van der Waals surface area contributed by atoms with Gasteiger partial charge in [0, 0.05) is 18.8 Å². The Kier molecular flexibility index (Phi) is 17.4. The maximum absolute atomic E-state index is 13.1. The minimum Gasteiger partial charge on any atom is -0.394 e. The predicted octanol–water partition coefficient (Wildman–Crippen LogP) is 0.433. The maximum Gasteiger partial charge on any atom is 0.280 e. The van der Waals surface area contributed by atoms with Gasteiger partial charge in [-0.15, -0.1) is 0 Å². The van der Waals surface area contributed by atoms with Crippen molar-refractivity contribution in [1.29, 1.82) is 0 Å². The lowest BCUT2D eigenvalue weighted by Crippen LogP contribution is -2.49. The number of aromatic nitrogens is 2. The van der Waals surface area contributed by atoms with Crippen LogP contribution in [-0.4, -0.2) is 110 Å². The van der Waals surface area contributed by atoms with Crippen LogP contribution in [0.2, 0.25) is 5.15 Å². The van der Waals surface area contributed by atoms with Gasteiger partial charge in [0.15, 0.2) is 22.6 Å². The summed E-state index contributed by atoms with van der Waals surface area (Å²) in [5.74, 6) is -0.977. The highest BCUT2D eigenvalue weighted by atomic mass is 35.5. The number of benzene rings is 2. The average molecular weight is 798 g/mol. The molecule has 1 aliphatic rings. The molecule has 0 unspecified atom stereocenters. The van der Waals surface area contributed by atoms with Gasteiger partial charge in [-0.2, -0.15) is 0 Å². The Morgan fingerprint density at radius 2 is 1.57 bits per heavy atom. The fourth-order valence-electron chi connectivity index (χ4n) is 6.64. The molecule has 2 aromatic carbocycles. The number of carbonyl (C=O) groups excluding carboxylic acids is 2. The number of aliphatic hydroxyl groups is 5. The van der Waals surface area contributed by atoms with Crippen LogP contribution in [0.1, 0.15) is 76.1 Å². The van der Waals surface area contributed by atoms with Gasteiger partial charge in [-0.3, -0.25) is 19.9 Å². The second-order valence-corrected chi connectivity index (χ2v) is 14.5. The first-order chi connectivity index (χ1) is 26.8. The second-order valence-electron chi connectivity index (χ2n) is 14.2. The van der Waals surface area contributed by atoms with Crippen LogP contribution in [-0.2, 0) is 36.9 Å². The number of aliphatic imine (C=N–C) groups is 1. The molecule has 2 amide bonds. The number of guanidine groups is 1. The standard InChI is InChI=1S/C39H56ClN9O7/c1-22-35(40)48-32(36(42)46-22)38(56)49-39(43)45-18-5-4-8-24-13-14-25(28-10-3-2-9-27(24)28)19-29(41)37(55)47-26-15-11-23(12-16-26)7-6-17-44-20-30(51)33(53)34(54)31(52)21-50/h11-16,29-31,33-34,44,50-54H,2-10,17-21,41H2,1H3,(H2,42,46)(H,47,55)(H3,43,45,49,56)/t29-,30-,31+,33+,34+/m0/s1. The summed E-state index contributed by atoms with van der Waals surface area (Å²) in [6.45, 7) is 1.88. The molecule has 0 bridgehead atoms. The minimum absolute atomic E-state index is 0.00666. The Morgan fingerprint density at radius 3 is 2.27 bits per heavy atom. The Labute approximate surface area is 332 Å². The Morgan fingerprint density at radius 1 is 0.911 bits per heavy atom. The number of aryl methyl sites for hydroxylation is 3. The largest absolute Gasteiger partial charge is 0.394 e. The molecule has 3 aromatic rings. The third-order valence-corrected chi connectivity index (χ3v) is 10.2. The second kappa shape index (κ2) is 21.9. The number of unbranched alkanes of at least 4 members (excludes halogenated alkanes) is 1. The lowest BCUT2D eigenvalue weighted by atomic mass is 9.82. The molecule has 306 valence electrons. The van der Waals surface area contributed by atoms with Gasteiger partial charge in [0.05, 0.1) is 24.4 Å². The number of aliphatic hydroxyl groups excluding tert-OH is 5. The Hall–Kier alpha value is -4.26. The number of carbonyl (C=O) groups is 2. The first-order valence-electron chi connectivity index (χ1n) is 19.0. The van der Waals surface area contributed by atoms with Gasteiger partial charge < -0.3 is 53.4 Å². The summed E-state index contributed by atoms with van der Waals surface area (Å²) >= 11 is 5.98. The molecule has 17 heteroatoms. The molecular formula is C39H56ClN9O7. The molecule has 16 nitrogen and oxygen atoms in total. The summed E-state index contributed by atoms with van der Waals surface area (Å²) in [4.78, 5) is 37.9. The van der Waals surface area contributed by atoms with E-state index in [1.807, 2.05) is 24.3 Å². The van der Waals surface area contributed by atoms with Crippen molar-refractivity contribution in [3.63, 3.8) is 0 Å². The number of anilines is 2. The van der Waals surface area contributed by atoms with Crippen LogP contribution < -0.4 is 33.2 Å². The number of fused-ring (bicyclic) bond motifs is 1. The zero-order valence-corrected chi connectivity index (χ0v) is 32.5. The van der Waals surface area contributed by atoms with Crippen LogP contribution in [0.3, 0.4) is 0 Å². The van der Waals surface area contributed by atoms with Gasteiger partial charge in [0.25, 0.3) is 5.91 Å². The molecule has 1 aromatic heterocycles. The molecule has 56 heavy (non-hydrogen) atoms. The third kappa shape index (κ3) is 12.9. The molecule has 14 N–H and O–H groups in total. The zero-order valence-electron chi connectivity index (χ0n) is 31.8. The highest BCUT2D eigenvalue weighted by molar-refractivity contribution is 6.30. The predicted molar refractivity (Wildman–Crippen MR) is 215 cm³/mol. The van der Waals surface area contributed by atoms with Crippen LogP contribution in [0.25, 0.3) is 0 Å². The fourth-order valence-corrected chi connectivity index (χ4v) is 6.76. The van der Waals surface area contributed by atoms with Crippen LogP contribution >= 0.6 is 11.6 Å². The normalized spacial score (nSPS) is 15.7. The monoisotopic (exact) mass is 797 g/mol. The highest BCUT2D eigenvalue weighted by Crippen LogP contribution is 2.30. The van der Waals surface area contributed by atoms with Crippen molar-refractivity contribution in [2.24, 2.45) is 16.5 Å². The Balaban J connectivity index is 1.20. The van der Waals surface area contributed by atoms with Crippen molar-refractivity contribution in [1.82, 2.24) is 20.6 Å². The Bertz CT molecular complexity index is 1800. The molecule has 0 spiro atoms. The maximum atomic E-state index is 13.1. The lowest BCUT2D eigenvalue weighted by molar-refractivity contribution is -0.117.